The number of ether oxygens (including phenoxy) is 2. The second-order valence-electron chi connectivity index (χ2n) is 11.8. The highest BCUT2D eigenvalue weighted by molar-refractivity contribution is 6.16. The fourth-order valence-electron chi connectivity index (χ4n) is 6.78. The first-order valence-corrected chi connectivity index (χ1v) is 13.6. The fraction of sp³-hybridized carbons (Fsp3) is 0.808. The molecule has 1 N–H and O–H groups in total. The molecule has 0 radical (unpaired) electrons. The minimum Gasteiger partial charge on any atom is -0.379 e. The number of hydrogen-bond donors (Lipinski definition) is 1. The molecule has 0 aliphatic carbocycles. The van der Waals surface area contributed by atoms with E-state index < -0.39 is 42.4 Å². The maximum Gasteiger partial charge on any atom is 0.407 e. The molecule has 0 aromatic rings. The highest BCUT2D eigenvalue weighted by atomic mass is 19.4. The number of carbonyl (C=O) groups is 2. The number of aliphatic imine (C=N–C) groups is 2. The Labute approximate surface area is 226 Å². The van der Waals surface area contributed by atoms with Crippen molar-refractivity contribution in [3.05, 3.63) is 0 Å². The monoisotopic (exact) mass is 554 g/mol. The molecule has 0 aromatic carbocycles. The summed E-state index contributed by atoms with van der Waals surface area (Å²) in [7, 11) is 1.54. The molecule has 39 heavy (non-hydrogen) atoms. The number of likely N-dealkylation sites (tertiary alicyclic amines) is 1. The third-order valence-corrected chi connectivity index (χ3v) is 8.65. The fourth-order valence-corrected chi connectivity index (χ4v) is 6.78. The molecule has 5 heterocycles. The standard InChI is InChI=1S/C26H37F3N6O4/c1-14-7-19(15-8-18(23(38-4)30-9-15)22(36)32-16-5-6-39-12-16)33-21-20(14)24(37)35(25(21,2)3)17-10-31-34(11-17)13-26(27,28)29/h9-10,14-20,23H,5-8,11-13H2,1-4H3,(H,32,36)/t14?,15?,16-,17?,18?,19?,20?,23?/m1/s1. The van der Waals surface area contributed by atoms with E-state index in [1.165, 1.54) is 13.3 Å². The minimum atomic E-state index is -4.38. The Bertz CT molecular complexity index is 1060. The van der Waals surface area contributed by atoms with Gasteiger partial charge in [-0.3, -0.25) is 24.6 Å². The normalized spacial score (nSPS) is 37.8. The molecular formula is C26H37F3N6O4. The van der Waals surface area contributed by atoms with Crippen LogP contribution in [0.2, 0.25) is 0 Å². The van der Waals surface area contributed by atoms with Crippen LogP contribution in [0.4, 0.5) is 13.2 Å². The first-order valence-electron chi connectivity index (χ1n) is 13.6. The van der Waals surface area contributed by atoms with Crippen molar-refractivity contribution in [1.82, 2.24) is 15.2 Å². The van der Waals surface area contributed by atoms with Crippen molar-refractivity contribution in [2.45, 2.75) is 76.1 Å². The molecule has 0 saturated carbocycles. The van der Waals surface area contributed by atoms with Gasteiger partial charge in [0.25, 0.3) is 0 Å². The largest absolute Gasteiger partial charge is 0.407 e. The number of nitrogens with one attached hydrogen (secondary N) is 1. The predicted octanol–water partition coefficient (Wildman–Crippen LogP) is 1.89. The first-order chi connectivity index (χ1) is 18.4. The number of fused-ring (bicyclic) bond motifs is 1. The van der Waals surface area contributed by atoms with Crippen LogP contribution in [0.15, 0.2) is 15.1 Å². The molecule has 2 amide bonds. The van der Waals surface area contributed by atoms with Gasteiger partial charge in [-0.25, -0.2) is 0 Å². The number of alkyl halides is 3. The van der Waals surface area contributed by atoms with Gasteiger partial charge >= 0.3 is 6.18 Å². The van der Waals surface area contributed by atoms with Crippen molar-refractivity contribution in [2.75, 3.05) is 33.4 Å². The number of rotatable bonds is 6. The van der Waals surface area contributed by atoms with E-state index in [1.54, 1.807) is 4.90 Å². The maximum atomic E-state index is 13.7. The summed E-state index contributed by atoms with van der Waals surface area (Å²) in [4.78, 5) is 38.1. The zero-order valence-electron chi connectivity index (χ0n) is 22.7. The summed E-state index contributed by atoms with van der Waals surface area (Å²) in [6.45, 7) is 5.77. The lowest BCUT2D eigenvalue weighted by Gasteiger charge is -2.38. The van der Waals surface area contributed by atoms with Crippen LogP contribution < -0.4 is 5.32 Å². The molecule has 0 bridgehead atoms. The van der Waals surface area contributed by atoms with E-state index >= 15 is 0 Å². The van der Waals surface area contributed by atoms with Gasteiger partial charge in [-0.1, -0.05) is 6.92 Å². The van der Waals surface area contributed by atoms with Gasteiger partial charge in [0.05, 0.1) is 54.4 Å². The van der Waals surface area contributed by atoms with E-state index in [1.807, 2.05) is 27.0 Å². The van der Waals surface area contributed by atoms with Crippen LogP contribution >= 0.6 is 0 Å². The smallest absolute Gasteiger partial charge is 0.379 e. The number of carbonyl (C=O) groups excluding carboxylic acids is 2. The van der Waals surface area contributed by atoms with Gasteiger partial charge in [-0.15, -0.1) is 0 Å². The maximum absolute atomic E-state index is 13.7. The summed E-state index contributed by atoms with van der Waals surface area (Å²) in [5.41, 5.74) is -0.0509. The summed E-state index contributed by atoms with van der Waals surface area (Å²) in [6.07, 6.45) is 0.242. The first kappa shape index (κ1) is 28.0. The van der Waals surface area contributed by atoms with Crippen LogP contribution in [0.5, 0.6) is 0 Å². The Hall–Kier alpha value is -2.54. The Balaban J connectivity index is 1.34. The Morgan fingerprint density at radius 1 is 1.28 bits per heavy atom. The lowest BCUT2D eigenvalue weighted by atomic mass is 9.74. The Morgan fingerprint density at radius 2 is 2.05 bits per heavy atom. The van der Waals surface area contributed by atoms with Crippen LogP contribution in [0.3, 0.4) is 0 Å². The quantitative estimate of drug-likeness (QED) is 0.540. The van der Waals surface area contributed by atoms with Gasteiger partial charge in [0.2, 0.25) is 11.8 Å². The van der Waals surface area contributed by atoms with Gasteiger partial charge in [-0.2, -0.15) is 18.3 Å². The summed E-state index contributed by atoms with van der Waals surface area (Å²) in [5, 5.41) is 7.95. The van der Waals surface area contributed by atoms with Gasteiger partial charge in [0.15, 0.2) is 6.23 Å². The average Bonchev–Trinajstić information content (AvgIpc) is 3.57. The second-order valence-corrected chi connectivity index (χ2v) is 11.8. The highest BCUT2D eigenvalue weighted by Crippen LogP contribution is 2.44. The summed E-state index contributed by atoms with van der Waals surface area (Å²) < 4.78 is 49.6. The molecular weight excluding hydrogens is 517 g/mol. The molecule has 5 rings (SSSR count). The molecule has 0 spiro atoms. The zero-order valence-corrected chi connectivity index (χ0v) is 22.7. The average molecular weight is 555 g/mol. The molecule has 8 atom stereocenters. The van der Waals surface area contributed by atoms with E-state index in [4.69, 9.17) is 14.5 Å². The number of nitrogens with zero attached hydrogens (tertiary/aromatic N) is 5. The van der Waals surface area contributed by atoms with Crippen LogP contribution in [0, 0.1) is 23.7 Å². The van der Waals surface area contributed by atoms with E-state index in [0.717, 1.165) is 17.1 Å². The lowest BCUT2D eigenvalue weighted by molar-refractivity contribution is -0.146. The number of halogens is 3. The van der Waals surface area contributed by atoms with E-state index in [-0.39, 0.29) is 42.3 Å². The molecule has 7 unspecified atom stereocenters. The van der Waals surface area contributed by atoms with Gasteiger partial charge in [0.1, 0.15) is 6.54 Å². The molecule has 10 nitrogen and oxygen atoms in total. The van der Waals surface area contributed by atoms with E-state index in [2.05, 4.69) is 15.4 Å². The van der Waals surface area contributed by atoms with Crippen molar-refractivity contribution in [3.8, 4) is 0 Å². The van der Waals surface area contributed by atoms with Crippen LogP contribution in [0.25, 0.3) is 0 Å². The second kappa shape index (κ2) is 10.5. The molecule has 5 aliphatic heterocycles. The van der Waals surface area contributed by atoms with Gasteiger partial charge in [0, 0.05) is 32.1 Å². The Morgan fingerprint density at radius 3 is 2.72 bits per heavy atom. The molecule has 13 heteroatoms. The van der Waals surface area contributed by atoms with Crippen molar-refractivity contribution in [3.63, 3.8) is 0 Å². The molecule has 2 saturated heterocycles. The third kappa shape index (κ3) is 5.44. The number of methoxy groups -OCH3 is 1. The Kier molecular flexibility index (Phi) is 7.51. The third-order valence-electron chi connectivity index (χ3n) is 8.65. The number of hydrazone groups is 1. The predicted molar refractivity (Wildman–Crippen MR) is 138 cm³/mol. The molecule has 0 aromatic heterocycles. The highest BCUT2D eigenvalue weighted by Gasteiger charge is 2.57. The van der Waals surface area contributed by atoms with Gasteiger partial charge < -0.3 is 19.7 Å². The van der Waals surface area contributed by atoms with Crippen molar-refractivity contribution >= 4 is 30.0 Å². The number of hydrogen-bond acceptors (Lipinski definition) is 8. The van der Waals surface area contributed by atoms with Crippen LogP contribution in [-0.2, 0) is 19.1 Å². The zero-order chi connectivity index (χ0) is 28.1. The van der Waals surface area contributed by atoms with Crippen LogP contribution in [-0.4, -0.2) is 109 Å². The minimum absolute atomic E-state index is 0.0109. The SMILES string of the molecule is COC1N=CC(C2CC(C)C3C(=O)N(C4C=NN(CC(F)(F)F)C4)C(C)(C)C3=N2)CC1C(=O)N[C@@H]1CCOC1. The van der Waals surface area contributed by atoms with Crippen molar-refractivity contribution in [2.24, 2.45) is 38.8 Å². The topological polar surface area (TPSA) is 108 Å². The summed E-state index contributed by atoms with van der Waals surface area (Å²) in [5.74, 6) is -1.28. The van der Waals surface area contributed by atoms with Crippen molar-refractivity contribution in [1.29, 1.82) is 0 Å². The molecule has 5 aliphatic rings. The van der Waals surface area contributed by atoms with Gasteiger partial charge in [-0.05, 0) is 39.0 Å². The van der Waals surface area contributed by atoms with E-state index in [0.29, 0.717) is 26.1 Å². The van der Waals surface area contributed by atoms with Crippen LogP contribution in [0.1, 0.15) is 40.0 Å². The summed E-state index contributed by atoms with van der Waals surface area (Å²) >= 11 is 0. The molecule has 216 valence electrons. The van der Waals surface area contributed by atoms with E-state index in [9.17, 15) is 22.8 Å². The lowest BCUT2D eigenvalue weighted by Crippen LogP contribution is -2.53. The molecule has 2 fully saturated rings. The van der Waals surface area contributed by atoms with Crippen molar-refractivity contribution < 1.29 is 32.2 Å². The number of amides is 2. The summed E-state index contributed by atoms with van der Waals surface area (Å²) in [6, 6.07) is -0.762.